The Morgan fingerprint density at radius 1 is 0.407 bits per heavy atom. The average Bonchev–Trinajstić information content (AvgIpc) is 3.77. The molecule has 1 aliphatic rings. The highest BCUT2D eigenvalue weighted by Gasteiger charge is 2.46. The van der Waals surface area contributed by atoms with Crippen molar-refractivity contribution in [3.63, 3.8) is 0 Å². The molecule has 10 aromatic rings. The van der Waals surface area contributed by atoms with Gasteiger partial charge in [-0.25, -0.2) is 9.97 Å². The predicted octanol–water partition coefficient (Wildman–Crippen LogP) is 12.9. The summed E-state index contributed by atoms with van der Waals surface area (Å²) >= 11 is 0. The van der Waals surface area contributed by atoms with Gasteiger partial charge in [0.1, 0.15) is 16.8 Å². The van der Waals surface area contributed by atoms with Gasteiger partial charge >= 0.3 is 0 Å². The Hall–Kier alpha value is -7.10. The lowest BCUT2D eigenvalue weighted by Crippen LogP contribution is -2.28. The minimum atomic E-state index is -0.532. The van der Waals surface area contributed by atoms with E-state index < -0.39 is 5.41 Å². The number of para-hydroxylation sites is 1. The van der Waals surface area contributed by atoms with Gasteiger partial charge in [-0.2, -0.15) is 0 Å². The Labute approximate surface area is 312 Å². The summed E-state index contributed by atoms with van der Waals surface area (Å²) in [7, 11) is 0. The van der Waals surface area contributed by atoms with E-state index in [4.69, 9.17) is 14.4 Å². The van der Waals surface area contributed by atoms with Gasteiger partial charge in [0, 0.05) is 16.5 Å². The van der Waals surface area contributed by atoms with E-state index in [0.29, 0.717) is 11.4 Å². The highest BCUT2D eigenvalue weighted by molar-refractivity contribution is 6.10. The molecule has 11 rings (SSSR count). The maximum atomic E-state index is 6.61. The first-order chi connectivity index (χ1) is 26.8. The third-order valence-electron chi connectivity index (χ3n) is 11.2. The molecule has 0 unspecified atom stereocenters. The van der Waals surface area contributed by atoms with E-state index in [9.17, 15) is 0 Å². The van der Waals surface area contributed by atoms with Crippen LogP contribution in [0.4, 0.5) is 0 Å². The number of furan rings is 1. The second-order valence-corrected chi connectivity index (χ2v) is 14.0. The summed E-state index contributed by atoms with van der Waals surface area (Å²) in [5.74, 6) is 0.660. The van der Waals surface area contributed by atoms with E-state index >= 15 is 0 Å². The van der Waals surface area contributed by atoms with Gasteiger partial charge in [0.15, 0.2) is 11.4 Å². The van der Waals surface area contributed by atoms with Gasteiger partial charge in [0.2, 0.25) is 0 Å². The molecule has 0 spiro atoms. The molecule has 0 amide bonds. The van der Waals surface area contributed by atoms with Crippen molar-refractivity contribution in [3.8, 4) is 44.9 Å². The fraction of sp³-hybridized carbons (Fsp3) is 0.0196. The lowest BCUT2D eigenvalue weighted by Gasteiger charge is -2.34. The molecule has 3 nitrogen and oxygen atoms in total. The van der Waals surface area contributed by atoms with Crippen molar-refractivity contribution in [1.29, 1.82) is 0 Å². The van der Waals surface area contributed by atoms with Crippen LogP contribution in [0, 0.1) is 0 Å². The van der Waals surface area contributed by atoms with Crippen molar-refractivity contribution in [1.82, 2.24) is 9.97 Å². The van der Waals surface area contributed by atoms with Crippen LogP contribution in [0.5, 0.6) is 0 Å². The van der Waals surface area contributed by atoms with Gasteiger partial charge < -0.3 is 4.42 Å². The zero-order valence-corrected chi connectivity index (χ0v) is 29.3. The van der Waals surface area contributed by atoms with E-state index in [2.05, 4.69) is 176 Å². The molecule has 0 N–H and O–H groups in total. The van der Waals surface area contributed by atoms with Crippen LogP contribution in [0.25, 0.3) is 77.7 Å². The SMILES string of the molecule is c1ccc(-c2cc3c(cc2-c2nc(-c4cccc5ccccc45)c4oc5ccccc5c4n2)-c2ccccc2C3(c2ccccc2)c2ccccc2)cc1. The van der Waals surface area contributed by atoms with Crippen molar-refractivity contribution < 1.29 is 4.42 Å². The second-order valence-electron chi connectivity index (χ2n) is 14.0. The largest absolute Gasteiger partial charge is 0.452 e. The summed E-state index contributed by atoms with van der Waals surface area (Å²) in [5, 5.41) is 3.24. The van der Waals surface area contributed by atoms with Crippen LogP contribution in [-0.2, 0) is 5.41 Å². The first kappa shape index (κ1) is 30.5. The number of hydrogen-bond acceptors (Lipinski definition) is 3. The van der Waals surface area contributed by atoms with Crippen molar-refractivity contribution in [2.45, 2.75) is 5.41 Å². The molecule has 0 saturated heterocycles. The van der Waals surface area contributed by atoms with Crippen molar-refractivity contribution in [2.75, 3.05) is 0 Å². The molecule has 0 fully saturated rings. The molecular formula is C51H32N2O. The molecule has 2 heterocycles. The Morgan fingerprint density at radius 3 is 1.80 bits per heavy atom. The van der Waals surface area contributed by atoms with Crippen molar-refractivity contribution in [2.24, 2.45) is 0 Å². The lowest BCUT2D eigenvalue weighted by molar-refractivity contribution is 0.667. The fourth-order valence-electron chi connectivity index (χ4n) is 8.86. The molecule has 54 heavy (non-hydrogen) atoms. The molecule has 0 aliphatic heterocycles. The zero-order valence-electron chi connectivity index (χ0n) is 29.3. The topological polar surface area (TPSA) is 38.9 Å². The smallest absolute Gasteiger partial charge is 0.180 e. The Balaban J connectivity index is 1.28. The Bertz CT molecular complexity index is 2990. The van der Waals surface area contributed by atoms with E-state index in [1.54, 1.807) is 0 Å². The van der Waals surface area contributed by atoms with E-state index in [1.807, 2.05) is 18.2 Å². The maximum absolute atomic E-state index is 6.61. The normalized spacial score (nSPS) is 13.0. The van der Waals surface area contributed by atoms with E-state index in [1.165, 1.54) is 33.4 Å². The number of fused-ring (bicyclic) bond motifs is 7. The van der Waals surface area contributed by atoms with Gasteiger partial charge in [0.25, 0.3) is 0 Å². The Morgan fingerprint density at radius 2 is 1.02 bits per heavy atom. The maximum Gasteiger partial charge on any atom is 0.180 e. The number of hydrogen-bond donors (Lipinski definition) is 0. The third kappa shape index (κ3) is 4.42. The minimum absolute atomic E-state index is 0.532. The first-order valence-corrected chi connectivity index (χ1v) is 18.4. The quantitative estimate of drug-likeness (QED) is 0.181. The zero-order chi connectivity index (χ0) is 35.6. The summed E-state index contributed by atoms with van der Waals surface area (Å²) < 4.78 is 6.61. The van der Waals surface area contributed by atoms with Crippen molar-refractivity contribution >= 4 is 32.8 Å². The number of benzene rings is 8. The standard InChI is InChI=1S/C51H32N2O/c1-4-17-34(18-5-1)41-32-45-42(38-26-12-14-29-44(38)51(45,35-21-6-2-7-22-35)36-23-8-3-9-24-36)31-43(41)50-52-47(39-28-16-20-33-19-10-11-25-37(33)39)49-48(53-50)40-27-13-15-30-46(40)54-49/h1-32H. The third-order valence-corrected chi connectivity index (χ3v) is 11.2. The lowest BCUT2D eigenvalue weighted by atomic mass is 9.67. The molecular weight excluding hydrogens is 657 g/mol. The van der Waals surface area contributed by atoms with Crippen LogP contribution in [-0.4, -0.2) is 9.97 Å². The van der Waals surface area contributed by atoms with E-state index in [0.717, 1.165) is 55.2 Å². The number of nitrogens with zero attached hydrogens (tertiary/aromatic N) is 2. The van der Waals surface area contributed by atoms with Gasteiger partial charge in [-0.1, -0.05) is 170 Å². The molecule has 252 valence electrons. The van der Waals surface area contributed by atoms with Crippen LogP contribution >= 0.6 is 0 Å². The summed E-state index contributed by atoms with van der Waals surface area (Å²) in [6.07, 6.45) is 0. The van der Waals surface area contributed by atoms with Gasteiger partial charge in [-0.15, -0.1) is 0 Å². The Kier molecular flexibility index (Phi) is 6.77. The molecule has 2 aromatic heterocycles. The number of rotatable bonds is 5. The minimum Gasteiger partial charge on any atom is -0.452 e. The molecule has 0 atom stereocenters. The van der Waals surface area contributed by atoms with Crippen LogP contribution in [0.15, 0.2) is 199 Å². The number of aromatic nitrogens is 2. The predicted molar refractivity (Wildman–Crippen MR) is 220 cm³/mol. The average molecular weight is 689 g/mol. The van der Waals surface area contributed by atoms with Crippen LogP contribution in [0.3, 0.4) is 0 Å². The van der Waals surface area contributed by atoms with Gasteiger partial charge in [0.05, 0.1) is 5.41 Å². The molecule has 0 saturated carbocycles. The summed E-state index contributed by atoms with van der Waals surface area (Å²) in [6.45, 7) is 0. The van der Waals surface area contributed by atoms with Crippen LogP contribution < -0.4 is 0 Å². The monoisotopic (exact) mass is 688 g/mol. The molecule has 1 aliphatic carbocycles. The van der Waals surface area contributed by atoms with Gasteiger partial charge in [-0.05, 0) is 79.5 Å². The second kappa shape index (κ2) is 12.0. The molecule has 0 radical (unpaired) electrons. The molecule has 8 aromatic carbocycles. The van der Waals surface area contributed by atoms with Crippen LogP contribution in [0.2, 0.25) is 0 Å². The highest BCUT2D eigenvalue weighted by atomic mass is 16.3. The van der Waals surface area contributed by atoms with E-state index in [-0.39, 0.29) is 0 Å². The molecule has 3 heteroatoms. The summed E-state index contributed by atoms with van der Waals surface area (Å²) in [4.78, 5) is 10.9. The van der Waals surface area contributed by atoms with Gasteiger partial charge in [-0.3, -0.25) is 0 Å². The highest BCUT2D eigenvalue weighted by Crippen LogP contribution is 2.58. The summed E-state index contributed by atoms with van der Waals surface area (Å²) in [6, 6.07) is 69.2. The molecule has 0 bridgehead atoms. The first-order valence-electron chi connectivity index (χ1n) is 18.4. The van der Waals surface area contributed by atoms with Crippen LogP contribution in [0.1, 0.15) is 22.3 Å². The van der Waals surface area contributed by atoms with Crippen molar-refractivity contribution in [3.05, 3.63) is 216 Å². The fourth-order valence-corrected chi connectivity index (χ4v) is 8.86. The summed E-state index contributed by atoms with van der Waals surface area (Å²) in [5.41, 5.74) is 14.1.